The molecule has 4 heteroatoms. The average molecular weight is 244 g/mol. The molecule has 1 aromatic heterocycles. The molecule has 0 spiro atoms. The summed E-state index contributed by atoms with van der Waals surface area (Å²) in [7, 11) is 0. The molecule has 0 bridgehead atoms. The SMILES string of the molecule is CCNCc1coc(-c2ccc3c(c2)CCO3)n1. The Balaban J connectivity index is 1.83. The molecule has 0 aliphatic carbocycles. The van der Waals surface area contributed by atoms with Gasteiger partial charge in [0, 0.05) is 18.5 Å². The lowest BCUT2D eigenvalue weighted by Crippen LogP contribution is -2.11. The van der Waals surface area contributed by atoms with Gasteiger partial charge in [0.2, 0.25) is 5.89 Å². The van der Waals surface area contributed by atoms with Gasteiger partial charge in [-0.25, -0.2) is 4.98 Å². The van der Waals surface area contributed by atoms with Crippen LogP contribution in [0, 0.1) is 0 Å². The quantitative estimate of drug-likeness (QED) is 0.897. The summed E-state index contributed by atoms with van der Waals surface area (Å²) < 4.78 is 11.0. The van der Waals surface area contributed by atoms with Crippen LogP contribution in [0.2, 0.25) is 0 Å². The van der Waals surface area contributed by atoms with Crippen LogP contribution in [0.3, 0.4) is 0 Å². The van der Waals surface area contributed by atoms with Gasteiger partial charge in [-0.15, -0.1) is 0 Å². The smallest absolute Gasteiger partial charge is 0.226 e. The van der Waals surface area contributed by atoms with Crippen LogP contribution in [0.5, 0.6) is 5.75 Å². The van der Waals surface area contributed by atoms with Gasteiger partial charge in [0.1, 0.15) is 12.0 Å². The highest BCUT2D eigenvalue weighted by Crippen LogP contribution is 2.30. The molecule has 0 radical (unpaired) electrons. The van der Waals surface area contributed by atoms with Crippen molar-refractivity contribution >= 4 is 0 Å². The van der Waals surface area contributed by atoms with Crippen LogP contribution in [0.15, 0.2) is 28.9 Å². The van der Waals surface area contributed by atoms with E-state index in [1.807, 2.05) is 12.1 Å². The van der Waals surface area contributed by atoms with Crippen molar-refractivity contribution < 1.29 is 9.15 Å². The van der Waals surface area contributed by atoms with E-state index in [1.165, 1.54) is 5.56 Å². The number of nitrogens with zero attached hydrogens (tertiary/aromatic N) is 1. The number of hydrogen-bond donors (Lipinski definition) is 1. The normalized spacial score (nSPS) is 13.4. The standard InChI is InChI=1S/C14H16N2O2/c1-2-15-8-12-9-18-14(16-12)11-3-4-13-10(7-11)5-6-17-13/h3-4,7,9,15H,2,5-6,8H2,1H3. The van der Waals surface area contributed by atoms with Gasteiger partial charge in [-0.1, -0.05) is 6.92 Å². The predicted octanol–water partition coefficient (Wildman–Crippen LogP) is 2.39. The van der Waals surface area contributed by atoms with E-state index >= 15 is 0 Å². The third-order valence-electron chi connectivity index (χ3n) is 3.04. The summed E-state index contributed by atoms with van der Waals surface area (Å²) in [6.07, 6.45) is 2.68. The Bertz CT molecular complexity index is 548. The van der Waals surface area contributed by atoms with E-state index in [2.05, 4.69) is 23.3 Å². The summed E-state index contributed by atoms with van der Waals surface area (Å²) in [6.45, 7) is 4.52. The highest BCUT2D eigenvalue weighted by Gasteiger charge is 2.14. The van der Waals surface area contributed by atoms with Crippen molar-refractivity contribution in [3.05, 3.63) is 35.7 Å². The third-order valence-corrected chi connectivity index (χ3v) is 3.04. The van der Waals surface area contributed by atoms with Gasteiger partial charge in [0.25, 0.3) is 0 Å². The van der Waals surface area contributed by atoms with Crippen molar-refractivity contribution in [1.29, 1.82) is 0 Å². The molecule has 0 amide bonds. The van der Waals surface area contributed by atoms with E-state index in [-0.39, 0.29) is 0 Å². The molecule has 0 fully saturated rings. The van der Waals surface area contributed by atoms with Crippen molar-refractivity contribution in [3.8, 4) is 17.2 Å². The van der Waals surface area contributed by atoms with E-state index in [0.29, 0.717) is 5.89 Å². The summed E-state index contributed by atoms with van der Waals surface area (Å²) in [5.74, 6) is 1.66. The number of ether oxygens (including phenoxy) is 1. The topological polar surface area (TPSA) is 47.3 Å². The van der Waals surface area contributed by atoms with Gasteiger partial charge in [0.05, 0.1) is 12.3 Å². The second kappa shape index (κ2) is 4.82. The number of hydrogen-bond acceptors (Lipinski definition) is 4. The lowest BCUT2D eigenvalue weighted by Gasteiger charge is -2.00. The van der Waals surface area contributed by atoms with Crippen LogP contribution >= 0.6 is 0 Å². The zero-order chi connectivity index (χ0) is 12.4. The van der Waals surface area contributed by atoms with Crippen LogP contribution in [-0.4, -0.2) is 18.1 Å². The summed E-state index contributed by atoms with van der Waals surface area (Å²) in [5, 5.41) is 3.23. The molecule has 1 N–H and O–H groups in total. The minimum atomic E-state index is 0.678. The van der Waals surface area contributed by atoms with Crippen LogP contribution in [0.25, 0.3) is 11.5 Å². The van der Waals surface area contributed by atoms with Crippen LogP contribution in [-0.2, 0) is 13.0 Å². The molecule has 1 aromatic carbocycles. The number of fused-ring (bicyclic) bond motifs is 1. The van der Waals surface area contributed by atoms with Crippen LogP contribution < -0.4 is 10.1 Å². The number of rotatable bonds is 4. The van der Waals surface area contributed by atoms with Crippen molar-refractivity contribution in [3.63, 3.8) is 0 Å². The van der Waals surface area contributed by atoms with Gasteiger partial charge < -0.3 is 14.5 Å². The Hall–Kier alpha value is -1.81. The summed E-state index contributed by atoms with van der Waals surface area (Å²) in [4.78, 5) is 4.47. The Labute approximate surface area is 106 Å². The van der Waals surface area contributed by atoms with E-state index in [9.17, 15) is 0 Å². The summed E-state index contributed by atoms with van der Waals surface area (Å²) in [6, 6.07) is 6.09. The zero-order valence-corrected chi connectivity index (χ0v) is 10.4. The largest absolute Gasteiger partial charge is 0.493 e. The maximum atomic E-state index is 5.52. The second-order valence-corrected chi connectivity index (χ2v) is 4.35. The molecule has 2 heterocycles. The lowest BCUT2D eigenvalue weighted by molar-refractivity contribution is 0.357. The Kier molecular flexibility index (Phi) is 3.02. The van der Waals surface area contributed by atoms with Crippen LogP contribution in [0.1, 0.15) is 18.2 Å². The second-order valence-electron chi connectivity index (χ2n) is 4.35. The molecule has 94 valence electrons. The fourth-order valence-corrected chi connectivity index (χ4v) is 2.09. The monoisotopic (exact) mass is 244 g/mol. The number of aromatic nitrogens is 1. The summed E-state index contributed by atoms with van der Waals surface area (Å²) in [5.41, 5.74) is 3.18. The first kappa shape index (κ1) is 11.3. The molecule has 1 aliphatic heterocycles. The molecular formula is C14H16N2O2. The van der Waals surface area contributed by atoms with Gasteiger partial charge in [-0.05, 0) is 30.3 Å². The molecular weight excluding hydrogens is 228 g/mol. The fourth-order valence-electron chi connectivity index (χ4n) is 2.09. The van der Waals surface area contributed by atoms with E-state index in [4.69, 9.17) is 9.15 Å². The minimum Gasteiger partial charge on any atom is -0.493 e. The van der Waals surface area contributed by atoms with Gasteiger partial charge in [-0.2, -0.15) is 0 Å². The van der Waals surface area contributed by atoms with Gasteiger partial charge >= 0.3 is 0 Å². The van der Waals surface area contributed by atoms with Gasteiger partial charge in [-0.3, -0.25) is 0 Å². The predicted molar refractivity (Wildman–Crippen MR) is 68.5 cm³/mol. The van der Waals surface area contributed by atoms with Crippen LogP contribution in [0.4, 0.5) is 0 Å². The molecule has 0 saturated carbocycles. The highest BCUT2D eigenvalue weighted by molar-refractivity contribution is 5.58. The Morgan fingerprint density at radius 1 is 1.39 bits per heavy atom. The molecule has 3 rings (SSSR count). The third kappa shape index (κ3) is 2.11. The number of oxazole rings is 1. The van der Waals surface area contributed by atoms with Crippen molar-refractivity contribution in [2.24, 2.45) is 0 Å². The van der Waals surface area contributed by atoms with E-state index in [0.717, 1.165) is 43.1 Å². The Morgan fingerprint density at radius 3 is 3.22 bits per heavy atom. The Morgan fingerprint density at radius 2 is 2.33 bits per heavy atom. The van der Waals surface area contributed by atoms with E-state index in [1.54, 1.807) is 6.26 Å². The highest BCUT2D eigenvalue weighted by atomic mass is 16.5. The average Bonchev–Trinajstić information content (AvgIpc) is 3.04. The van der Waals surface area contributed by atoms with E-state index < -0.39 is 0 Å². The molecule has 2 aromatic rings. The van der Waals surface area contributed by atoms with Gasteiger partial charge in [0.15, 0.2) is 0 Å². The minimum absolute atomic E-state index is 0.678. The fraction of sp³-hybridized carbons (Fsp3) is 0.357. The van der Waals surface area contributed by atoms with Crippen molar-refractivity contribution in [2.75, 3.05) is 13.2 Å². The first-order valence-corrected chi connectivity index (χ1v) is 6.28. The maximum Gasteiger partial charge on any atom is 0.226 e. The van der Waals surface area contributed by atoms with Crippen molar-refractivity contribution in [2.45, 2.75) is 19.9 Å². The van der Waals surface area contributed by atoms with Crippen molar-refractivity contribution in [1.82, 2.24) is 10.3 Å². The molecule has 0 atom stereocenters. The molecule has 1 aliphatic rings. The maximum absolute atomic E-state index is 5.52. The first-order chi connectivity index (χ1) is 8.86. The number of benzene rings is 1. The molecule has 4 nitrogen and oxygen atoms in total. The molecule has 18 heavy (non-hydrogen) atoms. The summed E-state index contributed by atoms with van der Waals surface area (Å²) >= 11 is 0. The first-order valence-electron chi connectivity index (χ1n) is 6.28. The zero-order valence-electron chi connectivity index (χ0n) is 10.4. The number of nitrogens with one attached hydrogen (secondary N) is 1. The lowest BCUT2D eigenvalue weighted by atomic mass is 10.1. The molecule has 0 saturated heterocycles. The molecule has 0 unspecified atom stereocenters.